The van der Waals surface area contributed by atoms with Gasteiger partial charge in [0.2, 0.25) is 0 Å². The van der Waals surface area contributed by atoms with E-state index in [4.69, 9.17) is 0 Å². The van der Waals surface area contributed by atoms with E-state index in [0.29, 0.717) is 0 Å². The van der Waals surface area contributed by atoms with Crippen molar-refractivity contribution in [2.75, 3.05) is 0 Å². The van der Waals surface area contributed by atoms with Crippen LogP contribution in [-0.4, -0.2) is 12.1 Å². The monoisotopic (exact) mass is 266 g/mol. The van der Waals surface area contributed by atoms with Crippen LogP contribution < -0.4 is 4.74 Å². The van der Waals surface area contributed by atoms with Crippen LogP contribution in [0.1, 0.15) is 26.3 Å². The molecule has 0 aliphatic carbocycles. The van der Waals surface area contributed by atoms with Gasteiger partial charge in [0, 0.05) is 6.42 Å². The van der Waals surface area contributed by atoms with Crippen molar-refractivity contribution in [2.24, 2.45) is 0 Å². The summed E-state index contributed by atoms with van der Waals surface area (Å²) in [7, 11) is 0. The van der Waals surface area contributed by atoms with Gasteiger partial charge in [-0.25, -0.2) is 4.39 Å². The number of alkyl halides is 3. The van der Waals surface area contributed by atoms with Gasteiger partial charge in [0.1, 0.15) is 17.3 Å². The number of ketones is 1. The molecule has 0 amide bonds. The van der Waals surface area contributed by atoms with Crippen molar-refractivity contribution >= 4 is 5.78 Å². The summed E-state index contributed by atoms with van der Waals surface area (Å²) in [6.07, 6.45) is -5.09. The van der Waals surface area contributed by atoms with Crippen molar-refractivity contribution in [1.82, 2.24) is 0 Å². The lowest BCUT2D eigenvalue weighted by Crippen LogP contribution is -2.17. The molecule has 0 N–H and O–H groups in total. The summed E-state index contributed by atoms with van der Waals surface area (Å²) in [5.74, 6) is -1.61. The molecule has 102 valence electrons. The first kappa shape index (κ1) is 16.4. The molecule has 2 nitrogen and oxygen atoms in total. The van der Waals surface area contributed by atoms with E-state index in [1.807, 2.05) is 13.8 Å². The fraction of sp³-hybridized carbons (Fsp3) is 0.417. The SMILES string of the molecule is CC.CC(=O)Cc1cc(OC(F)(F)F)ccc1F. The van der Waals surface area contributed by atoms with Gasteiger partial charge in [0.15, 0.2) is 0 Å². The molecular weight excluding hydrogens is 252 g/mol. The molecule has 1 aromatic carbocycles. The van der Waals surface area contributed by atoms with Crippen LogP contribution in [0.15, 0.2) is 18.2 Å². The summed E-state index contributed by atoms with van der Waals surface area (Å²) in [6.45, 7) is 5.22. The van der Waals surface area contributed by atoms with Crippen molar-refractivity contribution in [3.63, 3.8) is 0 Å². The van der Waals surface area contributed by atoms with Crippen LogP contribution in [0.25, 0.3) is 0 Å². The first-order chi connectivity index (χ1) is 8.28. The van der Waals surface area contributed by atoms with E-state index in [-0.39, 0.29) is 17.8 Å². The molecule has 0 aromatic heterocycles. The Kier molecular flexibility index (Phi) is 6.36. The van der Waals surface area contributed by atoms with E-state index in [1.54, 1.807) is 0 Å². The van der Waals surface area contributed by atoms with Crippen LogP contribution in [0.4, 0.5) is 17.6 Å². The molecule has 0 aliphatic rings. The van der Waals surface area contributed by atoms with Crippen LogP contribution in [0.2, 0.25) is 0 Å². The Labute approximate surface area is 103 Å². The highest BCUT2D eigenvalue weighted by Gasteiger charge is 2.31. The van der Waals surface area contributed by atoms with E-state index >= 15 is 0 Å². The third kappa shape index (κ3) is 6.22. The summed E-state index contributed by atoms with van der Waals surface area (Å²) in [5, 5.41) is 0. The van der Waals surface area contributed by atoms with Gasteiger partial charge in [0.25, 0.3) is 0 Å². The van der Waals surface area contributed by atoms with Crippen molar-refractivity contribution in [3.05, 3.63) is 29.6 Å². The molecule has 0 radical (unpaired) electrons. The number of benzene rings is 1. The molecule has 0 bridgehead atoms. The summed E-state index contributed by atoms with van der Waals surface area (Å²) in [5.41, 5.74) is -0.116. The first-order valence-corrected chi connectivity index (χ1v) is 5.31. The van der Waals surface area contributed by atoms with E-state index in [2.05, 4.69) is 4.74 Å². The van der Waals surface area contributed by atoms with E-state index in [9.17, 15) is 22.4 Å². The maximum absolute atomic E-state index is 13.1. The topological polar surface area (TPSA) is 26.3 Å². The van der Waals surface area contributed by atoms with Gasteiger partial charge < -0.3 is 4.74 Å². The number of carbonyl (C=O) groups is 1. The Bertz CT molecular complexity index is 400. The number of Topliss-reactive ketones (excluding diaryl/α,β-unsaturated/α-hetero) is 1. The predicted octanol–water partition coefficient (Wildman–Crippen LogP) is 3.88. The number of hydrogen-bond donors (Lipinski definition) is 0. The molecule has 1 rings (SSSR count). The van der Waals surface area contributed by atoms with Gasteiger partial charge in [-0.05, 0) is 30.7 Å². The van der Waals surface area contributed by atoms with Gasteiger partial charge in [-0.3, -0.25) is 4.79 Å². The molecule has 1 aromatic rings. The number of carbonyl (C=O) groups excluding carboxylic acids is 1. The van der Waals surface area contributed by atoms with Crippen LogP contribution in [-0.2, 0) is 11.2 Å². The zero-order valence-corrected chi connectivity index (χ0v) is 10.3. The van der Waals surface area contributed by atoms with Crippen LogP contribution in [0.3, 0.4) is 0 Å². The van der Waals surface area contributed by atoms with Crippen LogP contribution in [0, 0.1) is 5.82 Å². The molecule has 0 saturated carbocycles. The molecule has 0 heterocycles. The normalized spacial score (nSPS) is 10.4. The third-order valence-corrected chi connectivity index (χ3v) is 1.69. The standard InChI is InChI=1S/C10H8F4O2.C2H6/c1-6(15)4-7-5-8(2-3-9(7)11)16-10(12,13)14;1-2/h2-3,5H,4H2,1H3;1-2H3. The molecule has 0 spiro atoms. The highest BCUT2D eigenvalue weighted by Crippen LogP contribution is 2.24. The Morgan fingerprint density at radius 2 is 1.83 bits per heavy atom. The number of halogens is 4. The van der Waals surface area contributed by atoms with E-state index in [1.165, 1.54) is 6.92 Å². The highest BCUT2D eigenvalue weighted by molar-refractivity contribution is 5.78. The van der Waals surface area contributed by atoms with Gasteiger partial charge >= 0.3 is 6.36 Å². The predicted molar refractivity (Wildman–Crippen MR) is 58.8 cm³/mol. The number of ether oxygens (including phenoxy) is 1. The van der Waals surface area contributed by atoms with Gasteiger partial charge in [-0.15, -0.1) is 13.2 Å². The van der Waals surface area contributed by atoms with Gasteiger partial charge in [-0.2, -0.15) is 0 Å². The minimum absolute atomic E-state index is 0.116. The van der Waals surface area contributed by atoms with Crippen LogP contribution >= 0.6 is 0 Å². The maximum Gasteiger partial charge on any atom is 0.573 e. The first-order valence-electron chi connectivity index (χ1n) is 5.31. The molecule has 0 atom stereocenters. The molecule has 18 heavy (non-hydrogen) atoms. The zero-order valence-electron chi connectivity index (χ0n) is 10.3. The zero-order chi connectivity index (χ0) is 14.3. The molecular formula is C12H14F4O2. The Morgan fingerprint density at radius 3 is 2.28 bits per heavy atom. The van der Waals surface area contributed by atoms with Crippen LogP contribution in [0.5, 0.6) is 5.75 Å². The molecule has 6 heteroatoms. The van der Waals surface area contributed by atoms with Gasteiger partial charge in [-0.1, -0.05) is 13.8 Å². The van der Waals surface area contributed by atoms with E-state index < -0.39 is 17.9 Å². The highest BCUT2D eigenvalue weighted by atomic mass is 19.4. The second-order valence-corrected chi connectivity index (χ2v) is 3.18. The molecule has 0 unspecified atom stereocenters. The number of hydrogen-bond acceptors (Lipinski definition) is 2. The summed E-state index contributed by atoms with van der Waals surface area (Å²) < 4.78 is 52.2. The number of rotatable bonds is 3. The molecule has 0 aliphatic heterocycles. The fourth-order valence-electron chi connectivity index (χ4n) is 1.15. The third-order valence-electron chi connectivity index (χ3n) is 1.69. The van der Waals surface area contributed by atoms with E-state index in [0.717, 1.165) is 18.2 Å². The Balaban J connectivity index is 0.00000137. The summed E-state index contributed by atoms with van der Waals surface area (Å²) >= 11 is 0. The minimum atomic E-state index is -4.83. The second kappa shape index (κ2) is 6.98. The molecule has 0 saturated heterocycles. The van der Waals surface area contributed by atoms with Crippen molar-refractivity contribution in [3.8, 4) is 5.75 Å². The fourth-order valence-corrected chi connectivity index (χ4v) is 1.15. The largest absolute Gasteiger partial charge is 0.573 e. The molecule has 0 fully saturated rings. The Morgan fingerprint density at radius 1 is 1.28 bits per heavy atom. The Hall–Kier alpha value is -1.59. The average molecular weight is 266 g/mol. The summed E-state index contributed by atoms with van der Waals surface area (Å²) in [6, 6.07) is 2.55. The summed E-state index contributed by atoms with van der Waals surface area (Å²) in [4.78, 5) is 10.7. The smallest absolute Gasteiger partial charge is 0.406 e. The average Bonchev–Trinajstić information content (AvgIpc) is 2.23. The van der Waals surface area contributed by atoms with Crippen molar-refractivity contribution < 1.29 is 27.1 Å². The lowest BCUT2D eigenvalue weighted by Gasteiger charge is -2.10. The minimum Gasteiger partial charge on any atom is -0.406 e. The van der Waals surface area contributed by atoms with Crippen molar-refractivity contribution in [1.29, 1.82) is 0 Å². The van der Waals surface area contributed by atoms with Crippen molar-refractivity contribution in [2.45, 2.75) is 33.6 Å². The maximum atomic E-state index is 13.1. The van der Waals surface area contributed by atoms with Gasteiger partial charge in [0.05, 0.1) is 0 Å². The lowest BCUT2D eigenvalue weighted by atomic mass is 10.1. The second-order valence-electron chi connectivity index (χ2n) is 3.18. The lowest BCUT2D eigenvalue weighted by molar-refractivity contribution is -0.274. The quantitative estimate of drug-likeness (QED) is 0.776.